The summed E-state index contributed by atoms with van der Waals surface area (Å²) < 4.78 is 3.07. The third-order valence-corrected chi connectivity index (χ3v) is 6.47. The number of carbonyl (C=O) groups excluding carboxylic acids is 2. The molecule has 3 heterocycles. The predicted octanol–water partition coefficient (Wildman–Crippen LogP) is 3.97. The van der Waals surface area contributed by atoms with Crippen molar-refractivity contribution < 1.29 is 9.59 Å². The lowest BCUT2D eigenvalue weighted by atomic mass is 9.96. The Bertz CT molecular complexity index is 992. The molecule has 5 nitrogen and oxygen atoms in total. The minimum Gasteiger partial charge on any atom is -0.349 e. The van der Waals surface area contributed by atoms with Crippen molar-refractivity contribution in [2.45, 2.75) is 25.8 Å². The van der Waals surface area contributed by atoms with Gasteiger partial charge in [0.15, 0.2) is 0 Å². The number of aromatic nitrogens is 1. The van der Waals surface area contributed by atoms with E-state index >= 15 is 0 Å². The summed E-state index contributed by atoms with van der Waals surface area (Å²) in [7, 11) is 1.93. The van der Waals surface area contributed by atoms with Crippen LogP contribution < -0.4 is 5.32 Å². The van der Waals surface area contributed by atoms with Crippen molar-refractivity contribution in [1.82, 2.24) is 14.8 Å². The molecular weight excluding hydrogens is 370 g/mol. The number of hydrogen-bond donors (Lipinski definition) is 1. The van der Waals surface area contributed by atoms with Gasteiger partial charge in [-0.05, 0) is 42.8 Å². The van der Waals surface area contributed by atoms with Crippen LogP contribution >= 0.6 is 11.3 Å². The highest BCUT2D eigenvalue weighted by Gasteiger charge is 2.30. The van der Waals surface area contributed by atoms with Crippen LogP contribution in [-0.4, -0.2) is 34.4 Å². The Kier molecular flexibility index (Phi) is 5.22. The van der Waals surface area contributed by atoms with E-state index in [2.05, 4.69) is 5.32 Å². The summed E-state index contributed by atoms with van der Waals surface area (Å²) in [5, 5.41) is 5.15. The molecule has 0 saturated carbocycles. The van der Waals surface area contributed by atoms with Crippen LogP contribution in [0, 0.1) is 5.92 Å². The van der Waals surface area contributed by atoms with E-state index in [1.807, 2.05) is 71.3 Å². The van der Waals surface area contributed by atoms with E-state index in [9.17, 15) is 9.59 Å². The molecule has 0 aliphatic carbocycles. The SMILES string of the molecule is CC(NC(=O)C1CCCN(C(=O)c2cc3sccc3n2C)C1)c1ccccc1. The molecular formula is C22H25N3O2S. The van der Waals surface area contributed by atoms with Gasteiger partial charge in [0.1, 0.15) is 5.69 Å². The first-order valence-electron chi connectivity index (χ1n) is 9.72. The summed E-state index contributed by atoms with van der Waals surface area (Å²) in [6.45, 7) is 3.18. The molecule has 0 bridgehead atoms. The van der Waals surface area contributed by atoms with Crippen LogP contribution in [0.25, 0.3) is 10.2 Å². The van der Waals surface area contributed by atoms with Gasteiger partial charge < -0.3 is 14.8 Å². The fourth-order valence-electron chi connectivity index (χ4n) is 3.95. The molecule has 2 unspecified atom stereocenters. The average Bonchev–Trinajstić information content (AvgIpc) is 3.31. The zero-order valence-corrected chi connectivity index (χ0v) is 17.0. The quantitative estimate of drug-likeness (QED) is 0.727. The monoisotopic (exact) mass is 395 g/mol. The number of carbonyl (C=O) groups is 2. The van der Waals surface area contributed by atoms with Crippen molar-refractivity contribution in [3.05, 3.63) is 59.1 Å². The first-order chi connectivity index (χ1) is 13.5. The van der Waals surface area contributed by atoms with Crippen molar-refractivity contribution in [1.29, 1.82) is 0 Å². The van der Waals surface area contributed by atoms with Gasteiger partial charge in [-0.25, -0.2) is 0 Å². The van der Waals surface area contributed by atoms with Crippen LogP contribution in [0.4, 0.5) is 0 Å². The maximum absolute atomic E-state index is 13.1. The predicted molar refractivity (Wildman–Crippen MR) is 112 cm³/mol. The Morgan fingerprint density at radius 2 is 2.00 bits per heavy atom. The number of benzene rings is 1. The number of fused-ring (bicyclic) bond motifs is 1. The average molecular weight is 396 g/mol. The molecule has 2 atom stereocenters. The van der Waals surface area contributed by atoms with Gasteiger partial charge in [-0.2, -0.15) is 0 Å². The zero-order chi connectivity index (χ0) is 19.7. The summed E-state index contributed by atoms with van der Waals surface area (Å²) in [5.74, 6) is -0.119. The Labute approximate surface area is 169 Å². The molecule has 3 aromatic rings. The van der Waals surface area contributed by atoms with Crippen molar-refractivity contribution in [2.75, 3.05) is 13.1 Å². The van der Waals surface area contributed by atoms with E-state index in [0.717, 1.165) is 28.6 Å². The molecule has 1 saturated heterocycles. The van der Waals surface area contributed by atoms with E-state index in [1.165, 1.54) is 0 Å². The number of likely N-dealkylation sites (tertiary alicyclic amines) is 1. The van der Waals surface area contributed by atoms with Gasteiger partial charge >= 0.3 is 0 Å². The third kappa shape index (κ3) is 3.56. The first-order valence-corrected chi connectivity index (χ1v) is 10.6. The molecule has 6 heteroatoms. The highest BCUT2D eigenvalue weighted by molar-refractivity contribution is 7.17. The third-order valence-electron chi connectivity index (χ3n) is 5.62. The van der Waals surface area contributed by atoms with Crippen LogP contribution in [0.5, 0.6) is 0 Å². The fourth-order valence-corrected chi connectivity index (χ4v) is 4.80. The summed E-state index contributed by atoms with van der Waals surface area (Å²) in [4.78, 5) is 27.7. The highest BCUT2D eigenvalue weighted by atomic mass is 32.1. The van der Waals surface area contributed by atoms with Gasteiger partial charge in [0.05, 0.1) is 22.2 Å². The number of hydrogen-bond acceptors (Lipinski definition) is 3. The summed E-state index contributed by atoms with van der Waals surface area (Å²) in [6.07, 6.45) is 1.67. The van der Waals surface area contributed by atoms with Crippen LogP contribution in [0.3, 0.4) is 0 Å². The number of nitrogens with zero attached hydrogens (tertiary/aromatic N) is 2. The smallest absolute Gasteiger partial charge is 0.270 e. The molecule has 1 aromatic carbocycles. The maximum Gasteiger partial charge on any atom is 0.270 e. The van der Waals surface area contributed by atoms with Crippen LogP contribution in [0.15, 0.2) is 47.8 Å². The zero-order valence-electron chi connectivity index (χ0n) is 16.2. The topological polar surface area (TPSA) is 54.3 Å². The van der Waals surface area contributed by atoms with Crippen molar-refractivity contribution in [3.63, 3.8) is 0 Å². The van der Waals surface area contributed by atoms with Gasteiger partial charge in [-0.3, -0.25) is 9.59 Å². The standard InChI is InChI=1S/C22H25N3O2S/c1-15(16-7-4-3-5-8-16)23-21(26)17-9-6-11-25(14-17)22(27)19-13-20-18(24(19)2)10-12-28-20/h3-5,7-8,10,12-13,15,17H,6,9,11,14H2,1-2H3,(H,23,26). The Morgan fingerprint density at radius 3 is 2.75 bits per heavy atom. The van der Waals surface area contributed by atoms with Gasteiger partial charge in [-0.1, -0.05) is 30.3 Å². The van der Waals surface area contributed by atoms with Gasteiger partial charge in [0.2, 0.25) is 5.91 Å². The lowest BCUT2D eigenvalue weighted by molar-refractivity contribution is -0.127. The second-order valence-electron chi connectivity index (χ2n) is 7.49. The maximum atomic E-state index is 13.1. The molecule has 2 amide bonds. The number of thiophene rings is 1. The van der Waals surface area contributed by atoms with E-state index in [-0.39, 0.29) is 23.8 Å². The van der Waals surface area contributed by atoms with Crippen LogP contribution in [-0.2, 0) is 11.8 Å². The second kappa shape index (κ2) is 7.80. The Morgan fingerprint density at radius 1 is 1.21 bits per heavy atom. The van der Waals surface area contributed by atoms with Crippen molar-refractivity contribution in [2.24, 2.45) is 13.0 Å². The largest absolute Gasteiger partial charge is 0.349 e. The molecule has 146 valence electrons. The van der Waals surface area contributed by atoms with Crippen LogP contribution in [0.1, 0.15) is 41.9 Å². The second-order valence-corrected chi connectivity index (χ2v) is 8.44. The molecule has 1 fully saturated rings. The fraction of sp³-hybridized carbons (Fsp3) is 0.364. The highest BCUT2D eigenvalue weighted by Crippen LogP contribution is 2.26. The van der Waals surface area contributed by atoms with E-state index in [1.54, 1.807) is 11.3 Å². The van der Waals surface area contributed by atoms with Gasteiger partial charge in [-0.15, -0.1) is 11.3 Å². The summed E-state index contributed by atoms with van der Waals surface area (Å²) in [6, 6.07) is 13.9. The Hall–Kier alpha value is -2.60. The minimum atomic E-state index is -0.162. The van der Waals surface area contributed by atoms with E-state index in [4.69, 9.17) is 0 Å². The normalized spacial score (nSPS) is 18.2. The van der Waals surface area contributed by atoms with E-state index in [0.29, 0.717) is 18.8 Å². The minimum absolute atomic E-state index is 0.0134. The van der Waals surface area contributed by atoms with Crippen LogP contribution in [0.2, 0.25) is 0 Å². The summed E-state index contributed by atoms with van der Waals surface area (Å²) in [5.41, 5.74) is 2.86. The number of piperidine rings is 1. The number of aryl methyl sites for hydroxylation is 1. The summed E-state index contributed by atoms with van der Waals surface area (Å²) >= 11 is 1.64. The molecule has 1 N–H and O–H groups in total. The molecule has 28 heavy (non-hydrogen) atoms. The van der Waals surface area contributed by atoms with Crippen molar-refractivity contribution in [3.8, 4) is 0 Å². The molecule has 0 spiro atoms. The lowest BCUT2D eigenvalue weighted by Crippen LogP contribution is -2.46. The number of amides is 2. The Balaban J connectivity index is 1.43. The molecule has 1 aliphatic rings. The number of rotatable bonds is 4. The molecule has 1 aliphatic heterocycles. The van der Waals surface area contributed by atoms with Gasteiger partial charge in [0.25, 0.3) is 5.91 Å². The molecule has 2 aromatic heterocycles. The number of nitrogens with one attached hydrogen (secondary N) is 1. The first kappa shape index (κ1) is 18.7. The molecule has 0 radical (unpaired) electrons. The van der Waals surface area contributed by atoms with Gasteiger partial charge in [0, 0.05) is 20.1 Å². The van der Waals surface area contributed by atoms with E-state index < -0.39 is 0 Å². The molecule has 4 rings (SSSR count). The van der Waals surface area contributed by atoms with Crippen molar-refractivity contribution >= 4 is 33.4 Å². The lowest BCUT2D eigenvalue weighted by Gasteiger charge is -2.32.